The van der Waals surface area contributed by atoms with Crippen molar-refractivity contribution in [2.75, 3.05) is 19.8 Å². The van der Waals surface area contributed by atoms with Crippen molar-refractivity contribution in [1.29, 1.82) is 0 Å². The van der Waals surface area contributed by atoms with Crippen molar-refractivity contribution < 1.29 is 14.3 Å². The summed E-state index contributed by atoms with van der Waals surface area (Å²) in [4.78, 5) is 12.3. The number of Topliss-reactive ketones (excluding diaryl/α,β-unsaturated/α-hetero) is 1. The van der Waals surface area contributed by atoms with E-state index in [2.05, 4.69) is 0 Å². The summed E-state index contributed by atoms with van der Waals surface area (Å²) < 4.78 is 11.1. The summed E-state index contributed by atoms with van der Waals surface area (Å²) in [5.41, 5.74) is -0.511. The van der Waals surface area contributed by atoms with Crippen molar-refractivity contribution in [3.63, 3.8) is 0 Å². The van der Waals surface area contributed by atoms with Gasteiger partial charge in [-0.25, -0.2) is 0 Å². The third-order valence-corrected chi connectivity index (χ3v) is 3.93. The Bertz CT molecular complexity index is 234. The first-order valence-electron chi connectivity index (χ1n) is 6.52. The van der Waals surface area contributed by atoms with Gasteiger partial charge in [-0.05, 0) is 12.8 Å². The first kappa shape index (κ1) is 12.1. The van der Waals surface area contributed by atoms with Gasteiger partial charge in [0.05, 0.1) is 0 Å². The summed E-state index contributed by atoms with van der Waals surface area (Å²) in [6.07, 6.45) is 5.95. The molecular formula is C13H22O3. The molecule has 1 aliphatic heterocycles. The number of ketones is 1. The Labute approximate surface area is 97.5 Å². The molecular weight excluding hydrogens is 204 g/mol. The van der Waals surface area contributed by atoms with Crippen molar-refractivity contribution in [3.05, 3.63) is 0 Å². The number of rotatable bonds is 5. The van der Waals surface area contributed by atoms with Gasteiger partial charge in [0.2, 0.25) is 0 Å². The Hall–Kier alpha value is -0.410. The monoisotopic (exact) mass is 226 g/mol. The maximum atomic E-state index is 12.3. The maximum Gasteiger partial charge on any atom is 0.165 e. The van der Waals surface area contributed by atoms with Gasteiger partial charge in [0.25, 0.3) is 0 Å². The molecule has 1 saturated carbocycles. The highest BCUT2D eigenvalue weighted by Crippen LogP contribution is 2.34. The Morgan fingerprint density at radius 3 is 2.56 bits per heavy atom. The number of carbonyl (C=O) groups is 1. The molecule has 0 aromatic carbocycles. The first-order chi connectivity index (χ1) is 7.77. The normalized spacial score (nSPS) is 25.1. The Balaban J connectivity index is 1.95. The van der Waals surface area contributed by atoms with E-state index in [-0.39, 0.29) is 0 Å². The maximum absolute atomic E-state index is 12.3. The van der Waals surface area contributed by atoms with E-state index in [1.54, 1.807) is 0 Å². The molecule has 0 atom stereocenters. The quantitative estimate of drug-likeness (QED) is 0.721. The lowest BCUT2D eigenvalue weighted by Gasteiger charge is -2.37. The summed E-state index contributed by atoms with van der Waals surface area (Å²) in [5, 5.41) is 0. The standard InChI is InChI=1S/C13H22O3/c1-2-16-13(6-8-15-9-7-13)12(14)10-11-4-3-5-11/h11H,2-10H2,1H3. The van der Waals surface area contributed by atoms with Crippen LogP contribution in [-0.4, -0.2) is 31.2 Å². The number of carbonyl (C=O) groups excluding carboxylic acids is 1. The predicted molar refractivity (Wildman–Crippen MR) is 61.4 cm³/mol. The van der Waals surface area contributed by atoms with E-state index in [0.29, 0.717) is 31.5 Å². The summed E-state index contributed by atoms with van der Waals surface area (Å²) in [6, 6.07) is 0. The average molecular weight is 226 g/mol. The van der Waals surface area contributed by atoms with Gasteiger partial charge in [-0.15, -0.1) is 0 Å². The van der Waals surface area contributed by atoms with Crippen LogP contribution in [0.4, 0.5) is 0 Å². The molecule has 92 valence electrons. The van der Waals surface area contributed by atoms with Crippen LogP contribution < -0.4 is 0 Å². The highest BCUT2D eigenvalue weighted by molar-refractivity contribution is 5.87. The molecule has 2 rings (SSSR count). The Kier molecular flexibility index (Phi) is 3.98. The molecule has 0 bridgehead atoms. The van der Waals surface area contributed by atoms with Gasteiger partial charge in [0.15, 0.2) is 5.78 Å². The van der Waals surface area contributed by atoms with Crippen LogP contribution in [0.15, 0.2) is 0 Å². The van der Waals surface area contributed by atoms with Gasteiger partial charge in [0.1, 0.15) is 5.60 Å². The largest absolute Gasteiger partial charge is 0.381 e. The second-order valence-electron chi connectivity index (χ2n) is 4.96. The summed E-state index contributed by atoms with van der Waals surface area (Å²) in [5.74, 6) is 0.954. The van der Waals surface area contributed by atoms with Crippen LogP contribution in [0.5, 0.6) is 0 Å². The molecule has 0 aromatic heterocycles. The predicted octanol–water partition coefficient (Wildman–Crippen LogP) is 2.33. The van der Waals surface area contributed by atoms with E-state index in [1.807, 2.05) is 6.92 Å². The highest BCUT2D eigenvalue weighted by atomic mass is 16.5. The first-order valence-corrected chi connectivity index (χ1v) is 6.52. The van der Waals surface area contributed by atoms with Crippen molar-refractivity contribution in [3.8, 4) is 0 Å². The molecule has 0 aromatic rings. The second kappa shape index (κ2) is 5.28. The minimum absolute atomic E-state index is 0.322. The van der Waals surface area contributed by atoms with E-state index in [0.717, 1.165) is 19.3 Å². The summed E-state index contributed by atoms with van der Waals surface area (Å²) >= 11 is 0. The molecule has 0 unspecified atom stereocenters. The van der Waals surface area contributed by atoms with Crippen molar-refractivity contribution in [2.24, 2.45) is 5.92 Å². The zero-order valence-electron chi connectivity index (χ0n) is 10.2. The van der Waals surface area contributed by atoms with Crippen LogP contribution in [0.1, 0.15) is 45.4 Å². The van der Waals surface area contributed by atoms with Crippen LogP contribution in [0.25, 0.3) is 0 Å². The molecule has 3 heteroatoms. The fourth-order valence-electron chi connectivity index (χ4n) is 2.63. The van der Waals surface area contributed by atoms with Crippen molar-refractivity contribution in [1.82, 2.24) is 0 Å². The number of hydrogen-bond donors (Lipinski definition) is 0. The topological polar surface area (TPSA) is 35.5 Å². The highest BCUT2D eigenvalue weighted by Gasteiger charge is 2.41. The number of hydrogen-bond acceptors (Lipinski definition) is 3. The van der Waals surface area contributed by atoms with Crippen molar-refractivity contribution in [2.45, 2.75) is 51.0 Å². The Morgan fingerprint density at radius 1 is 1.38 bits per heavy atom. The molecule has 16 heavy (non-hydrogen) atoms. The molecule has 1 aliphatic carbocycles. The average Bonchev–Trinajstić information content (AvgIpc) is 2.25. The third kappa shape index (κ3) is 2.46. The minimum atomic E-state index is -0.511. The van der Waals surface area contributed by atoms with E-state index in [4.69, 9.17) is 9.47 Å². The van der Waals surface area contributed by atoms with Crippen molar-refractivity contribution >= 4 is 5.78 Å². The van der Waals surface area contributed by atoms with E-state index in [1.165, 1.54) is 19.3 Å². The van der Waals surface area contributed by atoms with Gasteiger partial charge in [-0.1, -0.05) is 19.3 Å². The molecule has 1 heterocycles. The smallest absolute Gasteiger partial charge is 0.165 e. The van der Waals surface area contributed by atoms with Gasteiger partial charge in [0, 0.05) is 39.1 Å². The molecule has 0 radical (unpaired) electrons. The lowest BCUT2D eigenvalue weighted by atomic mass is 9.77. The Morgan fingerprint density at radius 2 is 2.06 bits per heavy atom. The molecule has 3 nitrogen and oxygen atoms in total. The van der Waals surface area contributed by atoms with E-state index < -0.39 is 5.60 Å². The zero-order chi connectivity index (χ0) is 11.4. The van der Waals surface area contributed by atoms with Crippen LogP contribution in [0.2, 0.25) is 0 Å². The second-order valence-corrected chi connectivity index (χ2v) is 4.96. The molecule has 2 fully saturated rings. The fourth-order valence-corrected chi connectivity index (χ4v) is 2.63. The summed E-state index contributed by atoms with van der Waals surface area (Å²) in [6.45, 7) is 3.91. The van der Waals surface area contributed by atoms with Gasteiger partial charge in [-0.2, -0.15) is 0 Å². The molecule has 0 N–H and O–H groups in total. The van der Waals surface area contributed by atoms with Gasteiger partial charge in [-0.3, -0.25) is 4.79 Å². The minimum Gasteiger partial charge on any atom is -0.381 e. The van der Waals surface area contributed by atoms with Gasteiger partial charge < -0.3 is 9.47 Å². The third-order valence-electron chi connectivity index (χ3n) is 3.93. The molecule has 0 spiro atoms. The number of ether oxygens (including phenoxy) is 2. The van der Waals surface area contributed by atoms with E-state index >= 15 is 0 Å². The molecule has 0 amide bonds. The SMILES string of the molecule is CCOC1(C(=O)CC2CCC2)CCOCC1. The summed E-state index contributed by atoms with van der Waals surface area (Å²) in [7, 11) is 0. The fraction of sp³-hybridized carbons (Fsp3) is 0.923. The molecule has 1 saturated heterocycles. The van der Waals surface area contributed by atoms with Crippen LogP contribution >= 0.6 is 0 Å². The molecule has 2 aliphatic rings. The van der Waals surface area contributed by atoms with E-state index in [9.17, 15) is 4.79 Å². The van der Waals surface area contributed by atoms with Crippen LogP contribution in [-0.2, 0) is 14.3 Å². The van der Waals surface area contributed by atoms with Crippen LogP contribution in [0, 0.1) is 5.92 Å². The van der Waals surface area contributed by atoms with Crippen LogP contribution in [0.3, 0.4) is 0 Å². The van der Waals surface area contributed by atoms with Gasteiger partial charge >= 0.3 is 0 Å². The lowest BCUT2D eigenvalue weighted by Crippen LogP contribution is -2.47. The zero-order valence-corrected chi connectivity index (χ0v) is 10.2. The lowest BCUT2D eigenvalue weighted by molar-refractivity contribution is -0.159.